The number of benzene rings is 2. The molecular formula is C21H23ClN4O3S2. The monoisotopic (exact) mass is 478 g/mol. The van der Waals surface area contributed by atoms with Crippen LogP contribution in [0.15, 0.2) is 58.6 Å². The Labute approximate surface area is 191 Å². The number of morpholine rings is 1. The quantitative estimate of drug-likeness (QED) is 0.496. The second kappa shape index (κ2) is 9.30. The lowest BCUT2D eigenvalue weighted by molar-refractivity contribution is 0.0730. The van der Waals surface area contributed by atoms with Gasteiger partial charge in [0.25, 0.3) is 0 Å². The Kier molecular flexibility index (Phi) is 6.68. The van der Waals surface area contributed by atoms with Crippen LogP contribution in [0.2, 0.25) is 5.02 Å². The first kappa shape index (κ1) is 22.3. The van der Waals surface area contributed by atoms with E-state index in [0.717, 1.165) is 5.69 Å². The first-order valence-corrected chi connectivity index (χ1v) is 12.6. The maximum atomic E-state index is 13.1. The standard InChI is InChI=1S/C21H23ClN4O3S2/c1-15(2)30-21-24-23-20(26(21)18-7-4-6-17(22)14-18)16-5-3-8-19(13-16)31(27,28)25-9-11-29-12-10-25/h3-8,13-15H,9-12H2,1-2H3. The van der Waals surface area contributed by atoms with E-state index in [1.165, 1.54) is 4.31 Å². The molecule has 0 spiro atoms. The zero-order valence-corrected chi connectivity index (χ0v) is 19.6. The van der Waals surface area contributed by atoms with Crippen molar-refractivity contribution in [1.82, 2.24) is 19.1 Å². The molecule has 0 saturated carbocycles. The van der Waals surface area contributed by atoms with E-state index in [1.54, 1.807) is 36.0 Å². The van der Waals surface area contributed by atoms with Crippen molar-refractivity contribution < 1.29 is 13.2 Å². The summed E-state index contributed by atoms with van der Waals surface area (Å²) in [7, 11) is -3.62. The number of thioether (sulfide) groups is 1. The Morgan fingerprint density at radius 1 is 1.06 bits per heavy atom. The second-order valence-corrected chi connectivity index (χ2v) is 11.3. The molecule has 0 bridgehead atoms. The average Bonchev–Trinajstić information content (AvgIpc) is 3.17. The summed E-state index contributed by atoms with van der Waals surface area (Å²) < 4.78 is 34.9. The van der Waals surface area contributed by atoms with Crippen molar-refractivity contribution in [3.63, 3.8) is 0 Å². The molecule has 3 aromatic rings. The third-order valence-electron chi connectivity index (χ3n) is 4.74. The van der Waals surface area contributed by atoms with Crippen LogP contribution in [0.25, 0.3) is 17.1 Å². The minimum Gasteiger partial charge on any atom is -0.379 e. The van der Waals surface area contributed by atoms with Gasteiger partial charge in [-0.2, -0.15) is 4.31 Å². The van der Waals surface area contributed by atoms with Crippen molar-refractivity contribution in [1.29, 1.82) is 0 Å². The van der Waals surface area contributed by atoms with E-state index in [4.69, 9.17) is 16.3 Å². The van der Waals surface area contributed by atoms with Gasteiger partial charge in [0.05, 0.1) is 23.8 Å². The molecule has 31 heavy (non-hydrogen) atoms. The Hall–Kier alpha value is -1.91. The lowest BCUT2D eigenvalue weighted by atomic mass is 10.2. The fourth-order valence-electron chi connectivity index (χ4n) is 3.32. The highest BCUT2D eigenvalue weighted by Gasteiger charge is 2.27. The lowest BCUT2D eigenvalue weighted by Crippen LogP contribution is -2.40. The predicted molar refractivity (Wildman–Crippen MR) is 122 cm³/mol. The molecule has 2 aromatic carbocycles. The molecule has 1 saturated heterocycles. The van der Waals surface area contributed by atoms with Gasteiger partial charge in [0, 0.05) is 28.9 Å². The Morgan fingerprint density at radius 3 is 2.52 bits per heavy atom. The van der Waals surface area contributed by atoms with Crippen LogP contribution in [-0.4, -0.2) is 59.0 Å². The van der Waals surface area contributed by atoms with Crippen LogP contribution < -0.4 is 0 Å². The zero-order valence-electron chi connectivity index (χ0n) is 17.2. The van der Waals surface area contributed by atoms with Crippen molar-refractivity contribution >= 4 is 33.4 Å². The minimum absolute atomic E-state index is 0.227. The molecule has 0 atom stereocenters. The van der Waals surface area contributed by atoms with E-state index in [1.807, 2.05) is 28.8 Å². The maximum absolute atomic E-state index is 13.1. The summed E-state index contributed by atoms with van der Waals surface area (Å²) in [6.07, 6.45) is 0. The van der Waals surface area contributed by atoms with Gasteiger partial charge < -0.3 is 4.74 Å². The number of aromatic nitrogens is 3. The van der Waals surface area contributed by atoms with Crippen LogP contribution in [0, 0.1) is 0 Å². The zero-order chi connectivity index (χ0) is 22.0. The molecule has 0 amide bonds. The van der Waals surface area contributed by atoms with E-state index < -0.39 is 10.0 Å². The number of rotatable bonds is 6. The third-order valence-corrected chi connectivity index (χ3v) is 7.82. The van der Waals surface area contributed by atoms with E-state index in [-0.39, 0.29) is 4.90 Å². The van der Waals surface area contributed by atoms with Gasteiger partial charge in [-0.25, -0.2) is 8.42 Å². The Bertz CT molecular complexity index is 1170. The SMILES string of the molecule is CC(C)Sc1nnc(-c2cccc(S(=O)(=O)N3CCOCC3)c2)n1-c1cccc(Cl)c1. The number of nitrogens with zero attached hydrogens (tertiary/aromatic N) is 4. The molecule has 7 nitrogen and oxygen atoms in total. The van der Waals surface area contributed by atoms with Gasteiger partial charge in [-0.05, 0) is 30.3 Å². The predicted octanol–water partition coefficient (Wildman–Crippen LogP) is 4.11. The highest BCUT2D eigenvalue weighted by Crippen LogP contribution is 2.32. The molecule has 1 aliphatic heterocycles. The molecule has 2 heterocycles. The van der Waals surface area contributed by atoms with Crippen LogP contribution in [0.5, 0.6) is 0 Å². The summed E-state index contributed by atoms with van der Waals surface area (Å²) in [5, 5.41) is 10.4. The summed E-state index contributed by atoms with van der Waals surface area (Å²) in [6.45, 7) is 5.66. The van der Waals surface area contributed by atoms with E-state index >= 15 is 0 Å². The van der Waals surface area contributed by atoms with E-state index in [9.17, 15) is 8.42 Å². The first-order chi connectivity index (χ1) is 14.9. The van der Waals surface area contributed by atoms with Gasteiger partial charge in [0.2, 0.25) is 10.0 Å². The molecule has 0 N–H and O–H groups in total. The van der Waals surface area contributed by atoms with E-state index in [0.29, 0.717) is 53.1 Å². The van der Waals surface area contributed by atoms with Gasteiger partial charge in [-0.15, -0.1) is 10.2 Å². The fraction of sp³-hybridized carbons (Fsp3) is 0.333. The van der Waals surface area contributed by atoms with Crippen LogP contribution >= 0.6 is 23.4 Å². The Morgan fingerprint density at radius 2 is 1.81 bits per heavy atom. The smallest absolute Gasteiger partial charge is 0.243 e. The molecule has 0 radical (unpaired) electrons. The Balaban J connectivity index is 1.80. The van der Waals surface area contributed by atoms with Crippen molar-refractivity contribution in [2.45, 2.75) is 29.1 Å². The minimum atomic E-state index is -3.62. The maximum Gasteiger partial charge on any atom is 0.243 e. The molecule has 1 fully saturated rings. The molecule has 164 valence electrons. The molecule has 0 unspecified atom stereocenters. The van der Waals surface area contributed by atoms with Gasteiger partial charge in [0.1, 0.15) is 0 Å². The van der Waals surface area contributed by atoms with Crippen molar-refractivity contribution in [3.05, 3.63) is 53.6 Å². The number of hydrogen-bond donors (Lipinski definition) is 0. The molecule has 1 aliphatic rings. The normalized spacial score (nSPS) is 15.5. The number of ether oxygens (including phenoxy) is 1. The summed E-state index contributed by atoms with van der Waals surface area (Å²) in [5.74, 6) is 0.560. The van der Waals surface area contributed by atoms with Crippen molar-refractivity contribution in [2.75, 3.05) is 26.3 Å². The first-order valence-electron chi connectivity index (χ1n) is 9.92. The summed E-state index contributed by atoms with van der Waals surface area (Å²) >= 11 is 7.81. The van der Waals surface area contributed by atoms with Crippen LogP contribution in [0.3, 0.4) is 0 Å². The number of halogens is 1. The van der Waals surface area contributed by atoms with Crippen LogP contribution in [0.1, 0.15) is 13.8 Å². The lowest BCUT2D eigenvalue weighted by Gasteiger charge is -2.26. The van der Waals surface area contributed by atoms with Gasteiger partial charge >= 0.3 is 0 Å². The summed E-state index contributed by atoms with van der Waals surface area (Å²) in [6, 6.07) is 14.3. The van der Waals surface area contributed by atoms with Crippen molar-refractivity contribution in [3.8, 4) is 17.1 Å². The molecule has 1 aromatic heterocycles. The van der Waals surface area contributed by atoms with Crippen LogP contribution in [-0.2, 0) is 14.8 Å². The second-order valence-electron chi connectivity index (χ2n) is 7.33. The molecule has 10 heteroatoms. The van der Waals surface area contributed by atoms with E-state index in [2.05, 4.69) is 24.0 Å². The summed E-state index contributed by atoms with van der Waals surface area (Å²) in [5.41, 5.74) is 1.48. The fourth-order valence-corrected chi connectivity index (χ4v) is 5.77. The average molecular weight is 479 g/mol. The topological polar surface area (TPSA) is 77.3 Å². The van der Waals surface area contributed by atoms with Crippen molar-refractivity contribution in [2.24, 2.45) is 0 Å². The number of sulfonamides is 1. The molecular weight excluding hydrogens is 456 g/mol. The largest absolute Gasteiger partial charge is 0.379 e. The van der Waals surface area contributed by atoms with Crippen LogP contribution in [0.4, 0.5) is 0 Å². The third kappa shape index (κ3) is 4.80. The van der Waals surface area contributed by atoms with Gasteiger partial charge in [-0.1, -0.05) is 55.4 Å². The molecule has 0 aliphatic carbocycles. The summed E-state index contributed by atoms with van der Waals surface area (Å²) in [4.78, 5) is 0.227. The number of hydrogen-bond acceptors (Lipinski definition) is 6. The molecule has 4 rings (SSSR count). The van der Waals surface area contributed by atoms with Gasteiger partial charge in [-0.3, -0.25) is 4.57 Å². The highest BCUT2D eigenvalue weighted by atomic mass is 35.5. The van der Waals surface area contributed by atoms with Gasteiger partial charge in [0.15, 0.2) is 11.0 Å². The highest BCUT2D eigenvalue weighted by molar-refractivity contribution is 7.99.